The van der Waals surface area contributed by atoms with Crippen LogP contribution in [0, 0.1) is 5.41 Å². The number of ether oxygens (including phenoxy) is 1. The summed E-state index contributed by atoms with van der Waals surface area (Å²) >= 11 is 0. The standard InChI is InChI=1S/C26H25F3N8O2/c1-14(10-19(30)26(27,28)29)34-17-8-4-15(5-9-17)12-37-23-18(25(38)36(37)2)11-31-22(35-23)20-21(16-6-7-16)32-13-33-24(20)39-3/h4-5,8-11,13,16,30,34H,6-7,12H2,1-3H3/b14-10-,30-19?. The Balaban J connectivity index is 1.45. The number of hydrogen-bond acceptors (Lipinski definition) is 8. The van der Waals surface area contributed by atoms with Crippen molar-refractivity contribution in [2.45, 2.75) is 38.4 Å². The van der Waals surface area contributed by atoms with Crippen LogP contribution in [0.4, 0.5) is 18.9 Å². The van der Waals surface area contributed by atoms with Gasteiger partial charge in [-0.1, -0.05) is 12.1 Å². The lowest BCUT2D eigenvalue weighted by molar-refractivity contribution is -0.0584. The molecule has 5 rings (SSSR count). The summed E-state index contributed by atoms with van der Waals surface area (Å²) in [5, 5.41) is 10.3. The van der Waals surface area contributed by atoms with Gasteiger partial charge in [-0.05, 0) is 43.5 Å². The highest BCUT2D eigenvalue weighted by Crippen LogP contribution is 2.44. The van der Waals surface area contributed by atoms with E-state index in [0.717, 1.165) is 30.2 Å². The quantitative estimate of drug-likeness (QED) is 0.318. The van der Waals surface area contributed by atoms with E-state index in [1.165, 1.54) is 31.2 Å². The van der Waals surface area contributed by atoms with Crippen LogP contribution in [-0.4, -0.2) is 48.3 Å². The third kappa shape index (κ3) is 5.24. The van der Waals surface area contributed by atoms with Crippen molar-refractivity contribution in [2.75, 3.05) is 12.4 Å². The molecule has 10 nitrogen and oxygen atoms in total. The summed E-state index contributed by atoms with van der Waals surface area (Å²) in [6.45, 7) is 1.76. The fraction of sp³-hybridized carbons (Fsp3) is 0.308. The van der Waals surface area contributed by atoms with Crippen molar-refractivity contribution in [2.24, 2.45) is 7.05 Å². The monoisotopic (exact) mass is 538 g/mol. The number of halogens is 3. The second-order valence-corrected chi connectivity index (χ2v) is 9.30. The molecule has 2 N–H and O–H groups in total. The summed E-state index contributed by atoms with van der Waals surface area (Å²) in [5.74, 6) is 1.03. The van der Waals surface area contributed by atoms with Gasteiger partial charge in [0.15, 0.2) is 11.5 Å². The van der Waals surface area contributed by atoms with E-state index < -0.39 is 11.9 Å². The summed E-state index contributed by atoms with van der Waals surface area (Å²) in [4.78, 5) is 30.8. The Hall–Kier alpha value is -4.55. The zero-order valence-electron chi connectivity index (χ0n) is 21.4. The van der Waals surface area contributed by atoms with Crippen LogP contribution in [0.15, 0.2) is 53.4 Å². The summed E-state index contributed by atoms with van der Waals surface area (Å²) in [7, 11) is 3.17. The van der Waals surface area contributed by atoms with Crippen molar-refractivity contribution in [3.05, 3.63) is 70.2 Å². The van der Waals surface area contributed by atoms with Crippen LogP contribution in [-0.2, 0) is 13.6 Å². The van der Waals surface area contributed by atoms with Gasteiger partial charge in [0.1, 0.15) is 23.0 Å². The number of methoxy groups -OCH3 is 1. The number of alkyl halides is 3. The van der Waals surface area contributed by atoms with Gasteiger partial charge in [-0.25, -0.2) is 19.9 Å². The first-order valence-corrected chi connectivity index (χ1v) is 12.1. The molecule has 1 aromatic carbocycles. The molecule has 1 aliphatic carbocycles. The Bertz CT molecular complexity index is 1650. The zero-order chi connectivity index (χ0) is 27.9. The van der Waals surface area contributed by atoms with Crippen molar-refractivity contribution in [3.63, 3.8) is 0 Å². The number of benzene rings is 1. The minimum Gasteiger partial charge on any atom is -0.480 e. The molecular weight excluding hydrogens is 513 g/mol. The molecule has 0 aliphatic heterocycles. The molecule has 0 amide bonds. The van der Waals surface area contributed by atoms with Gasteiger partial charge in [-0.2, -0.15) is 13.2 Å². The van der Waals surface area contributed by atoms with Gasteiger partial charge in [-0.3, -0.25) is 19.6 Å². The Morgan fingerprint density at radius 2 is 1.92 bits per heavy atom. The molecular formula is C26H25F3N8O2. The molecule has 0 spiro atoms. The van der Waals surface area contributed by atoms with E-state index in [1.54, 1.807) is 36.0 Å². The molecule has 3 heterocycles. The molecule has 0 bridgehead atoms. The maximum Gasteiger partial charge on any atom is 0.432 e. The van der Waals surface area contributed by atoms with Crippen LogP contribution in [0.5, 0.6) is 5.88 Å². The van der Waals surface area contributed by atoms with Gasteiger partial charge >= 0.3 is 6.18 Å². The number of nitrogens with one attached hydrogen (secondary N) is 2. The minimum atomic E-state index is -4.70. The van der Waals surface area contributed by atoms with Crippen LogP contribution < -0.4 is 15.6 Å². The van der Waals surface area contributed by atoms with Gasteiger partial charge in [0.2, 0.25) is 5.88 Å². The van der Waals surface area contributed by atoms with Gasteiger partial charge in [0.05, 0.1) is 19.3 Å². The highest BCUT2D eigenvalue weighted by molar-refractivity contribution is 5.97. The normalized spacial score (nSPS) is 14.1. The van der Waals surface area contributed by atoms with Crippen LogP contribution in [0.3, 0.4) is 0 Å². The summed E-state index contributed by atoms with van der Waals surface area (Å²) in [5.41, 5.74) is 1.76. The first kappa shape index (κ1) is 26.1. The van der Waals surface area contributed by atoms with Gasteiger partial charge in [-0.15, -0.1) is 0 Å². The predicted molar refractivity (Wildman–Crippen MR) is 139 cm³/mol. The smallest absolute Gasteiger partial charge is 0.432 e. The van der Waals surface area contributed by atoms with Crippen molar-refractivity contribution in [1.82, 2.24) is 29.3 Å². The topological polar surface area (TPSA) is 124 Å². The molecule has 1 fully saturated rings. The Morgan fingerprint density at radius 3 is 2.56 bits per heavy atom. The van der Waals surface area contributed by atoms with Crippen molar-refractivity contribution in [3.8, 4) is 17.3 Å². The Labute approximate surface area is 220 Å². The minimum absolute atomic E-state index is 0.180. The van der Waals surface area contributed by atoms with Crippen LogP contribution in [0.1, 0.15) is 36.9 Å². The van der Waals surface area contributed by atoms with E-state index in [2.05, 4.69) is 20.3 Å². The Morgan fingerprint density at radius 1 is 1.21 bits per heavy atom. The van der Waals surface area contributed by atoms with Crippen LogP contribution >= 0.6 is 0 Å². The molecule has 0 radical (unpaired) electrons. The molecule has 0 unspecified atom stereocenters. The van der Waals surface area contributed by atoms with Crippen molar-refractivity contribution >= 4 is 22.4 Å². The molecule has 1 aliphatic rings. The summed E-state index contributed by atoms with van der Waals surface area (Å²) in [6.07, 6.45) is 1.01. The highest BCUT2D eigenvalue weighted by atomic mass is 19.4. The molecule has 1 saturated carbocycles. The fourth-order valence-electron chi connectivity index (χ4n) is 4.29. The third-order valence-electron chi connectivity index (χ3n) is 6.42. The predicted octanol–water partition coefficient (Wildman–Crippen LogP) is 4.42. The third-order valence-corrected chi connectivity index (χ3v) is 6.42. The molecule has 13 heteroatoms. The van der Waals surface area contributed by atoms with E-state index >= 15 is 0 Å². The largest absolute Gasteiger partial charge is 0.480 e. The van der Waals surface area contributed by atoms with Gasteiger partial charge in [0, 0.05) is 30.5 Å². The van der Waals surface area contributed by atoms with E-state index in [1.807, 2.05) is 0 Å². The van der Waals surface area contributed by atoms with Crippen LogP contribution in [0.2, 0.25) is 0 Å². The van der Waals surface area contributed by atoms with E-state index in [9.17, 15) is 18.0 Å². The van der Waals surface area contributed by atoms with Gasteiger partial charge in [0.25, 0.3) is 5.56 Å². The van der Waals surface area contributed by atoms with E-state index in [0.29, 0.717) is 46.5 Å². The number of hydrogen-bond donors (Lipinski definition) is 2. The number of aromatic nitrogens is 6. The first-order valence-electron chi connectivity index (χ1n) is 12.1. The van der Waals surface area contributed by atoms with E-state index in [4.69, 9.17) is 15.1 Å². The summed E-state index contributed by atoms with van der Waals surface area (Å²) in [6, 6.07) is 7.01. The second kappa shape index (κ2) is 9.97. The highest BCUT2D eigenvalue weighted by Gasteiger charge is 2.33. The fourth-order valence-corrected chi connectivity index (χ4v) is 4.29. The molecule has 4 aromatic rings. The maximum atomic E-state index is 12.9. The average Bonchev–Trinajstić information content (AvgIpc) is 3.73. The molecule has 0 saturated heterocycles. The number of rotatable bonds is 8. The number of nitrogens with zero attached hydrogens (tertiary/aromatic N) is 6. The van der Waals surface area contributed by atoms with E-state index in [-0.39, 0.29) is 11.3 Å². The first-order chi connectivity index (χ1) is 18.6. The maximum absolute atomic E-state index is 12.9. The average molecular weight is 539 g/mol. The lowest BCUT2D eigenvalue weighted by atomic mass is 10.1. The number of fused-ring (bicyclic) bond motifs is 1. The second-order valence-electron chi connectivity index (χ2n) is 9.30. The lowest BCUT2D eigenvalue weighted by Gasteiger charge is -2.12. The number of anilines is 1. The molecule has 3 aromatic heterocycles. The number of allylic oxidation sites excluding steroid dienone is 2. The molecule has 202 valence electrons. The zero-order valence-corrected chi connectivity index (χ0v) is 21.4. The van der Waals surface area contributed by atoms with Crippen LogP contribution in [0.25, 0.3) is 22.4 Å². The van der Waals surface area contributed by atoms with Crippen molar-refractivity contribution < 1.29 is 17.9 Å². The van der Waals surface area contributed by atoms with Gasteiger partial charge < -0.3 is 10.1 Å². The Kier molecular flexibility index (Phi) is 6.66. The SMILES string of the molecule is COc1ncnc(C2CC2)c1-c1ncc2c(=O)n(C)n(Cc3ccc(N/C(C)=C\C(=N)C(F)(F)F)cc3)c2n1. The van der Waals surface area contributed by atoms with Crippen molar-refractivity contribution in [1.29, 1.82) is 5.41 Å². The lowest BCUT2D eigenvalue weighted by Crippen LogP contribution is -2.20. The molecule has 39 heavy (non-hydrogen) atoms. The summed E-state index contributed by atoms with van der Waals surface area (Å²) < 4.78 is 46.6. The molecule has 0 atom stereocenters.